The highest BCUT2D eigenvalue weighted by molar-refractivity contribution is 7.99. The van der Waals surface area contributed by atoms with Gasteiger partial charge in [-0.1, -0.05) is 19.1 Å². The van der Waals surface area contributed by atoms with Crippen molar-refractivity contribution in [2.24, 2.45) is 0 Å². The average Bonchev–Trinajstić information content (AvgIpc) is 2.65. The van der Waals surface area contributed by atoms with E-state index in [1.807, 2.05) is 11.8 Å². The number of benzene rings is 1. The molecular weight excluding hydrogens is 202 g/mol. The SMILES string of the molecule is CCCNC1CSc2c(C)ccc(C)c21. The van der Waals surface area contributed by atoms with E-state index in [-0.39, 0.29) is 0 Å². The number of aryl methyl sites for hydroxylation is 2. The molecule has 1 nitrogen and oxygen atoms in total. The summed E-state index contributed by atoms with van der Waals surface area (Å²) in [6, 6.07) is 5.06. The van der Waals surface area contributed by atoms with Gasteiger partial charge in [0.05, 0.1) is 0 Å². The molecule has 0 saturated carbocycles. The molecule has 0 spiro atoms. The van der Waals surface area contributed by atoms with E-state index >= 15 is 0 Å². The Morgan fingerprint density at radius 2 is 2.07 bits per heavy atom. The Kier molecular flexibility index (Phi) is 3.37. The number of rotatable bonds is 3. The van der Waals surface area contributed by atoms with Crippen LogP contribution in [0, 0.1) is 13.8 Å². The third-order valence-electron chi connectivity index (χ3n) is 2.99. The second kappa shape index (κ2) is 4.58. The molecule has 1 atom stereocenters. The first kappa shape index (κ1) is 11.0. The van der Waals surface area contributed by atoms with E-state index in [0.29, 0.717) is 6.04 Å². The lowest BCUT2D eigenvalue weighted by atomic mass is 10.00. The molecule has 82 valence electrons. The molecule has 1 aliphatic heterocycles. The first-order chi connectivity index (χ1) is 7.24. The fourth-order valence-electron chi connectivity index (χ4n) is 2.16. The van der Waals surface area contributed by atoms with Gasteiger partial charge in [0.1, 0.15) is 0 Å². The molecule has 0 aromatic heterocycles. The molecule has 1 aliphatic rings. The topological polar surface area (TPSA) is 12.0 Å². The van der Waals surface area contributed by atoms with Crippen molar-refractivity contribution in [3.05, 3.63) is 28.8 Å². The van der Waals surface area contributed by atoms with Crippen LogP contribution in [0.1, 0.15) is 36.1 Å². The van der Waals surface area contributed by atoms with Gasteiger partial charge in [-0.05, 0) is 43.5 Å². The highest BCUT2D eigenvalue weighted by Crippen LogP contribution is 2.41. The minimum atomic E-state index is 0.574. The van der Waals surface area contributed by atoms with E-state index in [1.54, 1.807) is 5.56 Å². The van der Waals surface area contributed by atoms with Gasteiger partial charge in [-0.15, -0.1) is 11.8 Å². The highest BCUT2D eigenvalue weighted by Gasteiger charge is 2.25. The first-order valence-corrected chi connectivity index (χ1v) is 6.69. The highest BCUT2D eigenvalue weighted by atomic mass is 32.2. The molecule has 1 N–H and O–H groups in total. The zero-order chi connectivity index (χ0) is 10.8. The Morgan fingerprint density at radius 1 is 1.33 bits per heavy atom. The van der Waals surface area contributed by atoms with Gasteiger partial charge in [0, 0.05) is 16.7 Å². The Morgan fingerprint density at radius 3 is 2.80 bits per heavy atom. The van der Waals surface area contributed by atoms with Gasteiger partial charge in [0.2, 0.25) is 0 Å². The largest absolute Gasteiger partial charge is 0.309 e. The molecule has 1 aromatic rings. The van der Waals surface area contributed by atoms with Crippen molar-refractivity contribution >= 4 is 11.8 Å². The van der Waals surface area contributed by atoms with Gasteiger partial charge in [0.25, 0.3) is 0 Å². The number of hydrogen-bond donors (Lipinski definition) is 1. The number of hydrogen-bond acceptors (Lipinski definition) is 2. The molecule has 1 unspecified atom stereocenters. The summed E-state index contributed by atoms with van der Waals surface area (Å²) in [5.41, 5.74) is 4.42. The monoisotopic (exact) mass is 221 g/mol. The zero-order valence-corrected chi connectivity index (χ0v) is 10.6. The number of fused-ring (bicyclic) bond motifs is 1. The van der Waals surface area contributed by atoms with Crippen LogP contribution in [0.5, 0.6) is 0 Å². The van der Waals surface area contributed by atoms with E-state index in [9.17, 15) is 0 Å². The summed E-state index contributed by atoms with van der Waals surface area (Å²) in [5.74, 6) is 1.20. The van der Waals surface area contributed by atoms with Gasteiger partial charge in [-0.2, -0.15) is 0 Å². The van der Waals surface area contributed by atoms with Gasteiger partial charge >= 0.3 is 0 Å². The van der Waals surface area contributed by atoms with Crippen LogP contribution in [0.4, 0.5) is 0 Å². The summed E-state index contributed by atoms with van der Waals surface area (Å²) in [6.45, 7) is 7.79. The lowest BCUT2D eigenvalue weighted by molar-refractivity contribution is 0.576. The van der Waals surface area contributed by atoms with Crippen LogP contribution in [0.2, 0.25) is 0 Å². The van der Waals surface area contributed by atoms with E-state index in [4.69, 9.17) is 0 Å². The molecular formula is C13H19NS. The second-order valence-electron chi connectivity index (χ2n) is 4.26. The predicted molar refractivity (Wildman–Crippen MR) is 67.7 cm³/mol. The van der Waals surface area contributed by atoms with Crippen molar-refractivity contribution < 1.29 is 0 Å². The number of thioether (sulfide) groups is 1. The second-order valence-corrected chi connectivity index (χ2v) is 5.29. The van der Waals surface area contributed by atoms with Crippen LogP contribution in [-0.4, -0.2) is 12.3 Å². The molecule has 0 radical (unpaired) electrons. The third-order valence-corrected chi connectivity index (χ3v) is 4.33. The van der Waals surface area contributed by atoms with Crippen molar-refractivity contribution in [2.75, 3.05) is 12.3 Å². The Labute approximate surface area is 96.7 Å². The van der Waals surface area contributed by atoms with Crippen LogP contribution >= 0.6 is 11.8 Å². The van der Waals surface area contributed by atoms with Gasteiger partial charge in [-0.3, -0.25) is 0 Å². The molecule has 1 heterocycles. The summed E-state index contributed by atoms with van der Waals surface area (Å²) < 4.78 is 0. The van der Waals surface area contributed by atoms with Crippen LogP contribution in [0.15, 0.2) is 17.0 Å². The van der Waals surface area contributed by atoms with Crippen molar-refractivity contribution in [3.8, 4) is 0 Å². The first-order valence-electron chi connectivity index (χ1n) is 5.70. The summed E-state index contributed by atoms with van der Waals surface area (Å²) in [5, 5.41) is 3.63. The van der Waals surface area contributed by atoms with E-state index in [1.165, 1.54) is 28.2 Å². The normalized spacial score (nSPS) is 19.3. The zero-order valence-electron chi connectivity index (χ0n) is 9.76. The lowest BCUT2D eigenvalue weighted by Crippen LogP contribution is -2.22. The molecule has 15 heavy (non-hydrogen) atoms. The summed E-state index contributed by atoms with van der Waals surface area (Å²) in [6.07, 6.45) is 1.21. The quantitative estimate of drug-likeness (QED) is 0.839. The molecule has 0 saturated heterocycles. The van der Waals surface area contributed by atoms with E-state index in [2.05, 4.69) is 38.2 Å². The van der Waals surface area contributed by atoms with Crippen LogP contribution < -0.4 is 5.32 Å². The van der Waals surface area contributed by atoms with Crippen LogP contribution in [0.25, 0.3) is 0 Å². The molecule has 2 heteroatoms. The minimum absolute atomic E-state index is 0.574. The summed E-state index contributed by atoms with van der Waals surface area (Å²) in [7, 11) is 0. The maximum absolute atomic E-state index is 3.63. The fourth-order valence-corrected chi connectivity index (χ4v) is 3.53. The van der Waals surface area contributed by atoms with Gasteiger partial charge in [-0.25, -0.2) is 0 Å². The minimum Gasteiger partial charge on any atom is -0.309 e. The van der Waals surface area contributed by atoms with Crippen molar-refractivity contribution in [1.82, 2.24) is 5.32 Å². The van der Waals surface area contributed by atoms with E-state index < -0.39 is 0 Å². The molecule has 2 rings (SSSR count). The van der Waals surface area contributed by atoms with Crippen molar-refractivity contribution in [1.29, 1.82) is 0 Å². The predicted octanol–water partition coefficient (Wildman–Crippen LogP) is 3.45. The van der Waals surface area contributed by atoms with Crippen molar-refractivity contribution in [2.45, 2.75) is 38.1 Å². The van der Waals surface area contributed by atoms with Crippen LogP contribution in [-0.2, 0) is 0 Å². The Bertz CT molecular complexity index is 360. The van der Waals surface area contributed by atoms with Gasteiger partial charge < -0.3 is 5.32 Å². The maximum atomic E-state index is 3.63. The van der Waals surface area contributed by atoms with Crippen molar-refractivity contribution in [3.63, 3.8) is 0 Å². The van der Waals surface area contributed by atoms with Crippen LogP contribution in [0.3, 0.4) is 0 Å². The number of nitrogens with one attached hydrogen (secondary N) is 1. The summed E-state index contributed by atoms with van der Waals surface area (Å²) in [4.78, 5) is 1.52. The molecule has 0 bridgehead atoms. The van der Waals surface area contributed by atoms with Gasteiger partial charge in [0.15, 0.2) is 0 Å². The molecule has 0 aliphatic carbocycles. The molecule has 0 amide bonds. The Hall–Kier alpha value is -0.470. The smallest absolute Gasteiger partial charge is 0.0429 e. The lowest BCUT2D eigenvalue weighted by Gasteiger charge is -2.15. The fraction of sp³-hybridized carbons (Fsp3) is 0.538. The molecule has 0 fully saturated rings. The maximum Gasteiger partial charge on any atom is 0.0429 e. The van der Waals surface area contributed by atoms with E-state index in [0.717, 1.165) is 6.54 Å². The average molecular weight is 221 g/mol. The Balaban J connectivity index is 2.28. The molecule has 1 aromatic carbocycles. The third kappa shape index (κ3) is 2.06. The summed E-state index contributed by atoms with van der Waals surface area (Å²) >= 11 is 2.00. The standard InChI is InChI=1S/C13H19NS/c1-4-7-14-11-8-15-13-10(3)6-5-9(2)12(11)13/h5-6,11,14H,4,7-8H2,1-3H3.